The molecule has 13 nitrogen and oxygen atoms in total. The number of carboxylic acids is 1. The molecule has 2 aromatic rings. The average molecular weight is 1080 g/mol. The lowest BCUT2D eigenvalue weighted by molar-refractivity contribution is -0.138. The van der Waals surface area contributed by atoms with Gasteiger partial charge in [-0.2, -0.15) is 11.8 Å². The number of nitrogens with one attached hydrogen (secondary N) is 3. The molecule has 0 saturated heterocycles. The SMILES string of the molecule is CCCCCCCCCCCCCCCCOC[C@H](CSC[C@H](NC(=O)OCC1c2ccccc2-c2ccccc21)C(=O)N[C@@H](CC)C(=O)N[C@H](CCC(=O)O)C(N)=O)OCCCCCCCCCCCCCCCC. The van der Waals surface area contributed by atoms with E-state index >= 15 is 0 Å². The van der Waals surface area contributed by atoms with Gasteiger partial charge in [-0.25, -0.2) is 4.79 Å². The van der Waals surface area contributed by atoms with E-state index < -0.39 is 47.9 Å². The van der Waals surface area contributed by atoms with E-state index in [2.05, 4.69) is 41.9 Å². The molecule has 14 heteroatoms. The summed E-state index contributed by atoms with van der Waals surface area (Å²) in [6.07, 6.45) is 34.6. The highest BCUT2D eigenvalue weighted by molar-refractivity contribution is 7.99. The highest BCUT2D eigenvalue weighted by Gasteiger charge is 2.32. The van der Waals surface area contributed by atoms with Crippen molar-refractivity contribution in [2.24, 2.45) is 5.73 Å². The van der Waals surface area contributed by atoms with Gasteiger partial charge in [-0.05, 0) is 47.9 Å². The summed E-state index contributed by atoms with van der Waals surface area (Å²) in [4.78, 5) is 64.5. The molecule has 0 radical (unpaired) electrons. The summed E-state index contributed by atoms with van der Waals surface area (Å²) in [6.45, 7) is 7.97. The van der Waals surface area contributed by atoms with Crippen LogP contribution in [0.5, 0.6) is 0 Å². The fourth-order valence-electron chi connectivity index (χ4n) is 10.0. The molecule has 0 heterocycles. The zero-order valence-electron chi connectivity index (χ0n) is 47.4. The quantitative estimate of drug-likeness (QED) is 0.0398. The number of hydrogen-bond acceptors (Lipinski definition) is 9. The van der Waals surface area contributed by atoms with Crippen LogP contribution in [0.2, 0.25) is 0 Å². The molecule has 1 aliphatic carbocycles. The maximum absolute atomic E-state index is 14.1. The minimum absolute atomic E-state index is 0.0536. The van der Waals surface area contributed by atoms with Gasteiger partial charge in [-0.3, -0.25) is 19.2 Å². The number of thioether (sulfide) groups is 1. The van der Waals surface area contributed by atoms with Crippen LogP contribution >= 0.6 is 11.8 Å². The maximum Gasteiger partial charge on any atom is 0.407 e. The van der Waals surface area contributed by atoms with Gasteiger partial charge in [0, 0.05) is 37.1 Å². The van der Waals surface area contributed by atoms with Crippen LogP contribution in [0.3, 0.4) is 0 Å². The van der Waals surface area contributed by atoms with Crippen LogP contribution in [-0.4, -0.2) is 97.1 Å². The van der Waals surface area contributed by atoms with Crippen LogP contribution in [0, 0.1) is 0 Å². The molecule has 4 amide bonds. The van der Waals surface area contributed by atoms with E-state index in [-0.39, 0.29) is 43.6 Å². The Morgan fingerprint density at radius 3 is 1.45 bits per heavy atom. The highest BCUT2D eigenvalue weighted by Crippen LogP contribution is 2.44. The van der Waals surface area contributed by atoms with Gasteiger partial charge in [0.1, 0.15) is 24.7 Å². The van der Waals surface area contributed by atoms with E-state index in [1.165, 1.54) is 166 Å². The number of aliphatic carboxylic acids is 1. The lowest BCUT2D eigenvalue weighted by atomic mass is 9.98. The topological polar surface area (TPSA) is 195 Å². The summed E-state index contributed by atoms with van der Waals surface area (Å²) >= 11 is 1.45. The van der Waals surface area contributed by atoms with E-state index in [1.54, 1.807) is 6.92 Å². The molecule has 0 aliphatic heterocycles. The first kappa shape index (κ1) is 66.1. The van der Waals surface area contributed by atoms with Crippen molar-refractivity contribution < 1.29 is 43.3 Å². The first-order valence-electron chi connectivity index (χ1n) is 30.1. The molecule has 0 unspecified atom stereocenters. The second-order valence-corrected chi connectivity index (χ2v) is 22.3. The number of carbonyl (C=O) groups is 5. The van der Waals surface area contributed by atoms with Gasteiger partial charge in [0.25, 0.3) is 0 Å². The van der Waals surface area contributed by atoms with Crippen molar-refractivity contribution in [2.75, 3.05) is 37.9 Å². The predicted molar refractivity (Wildman–Crippen MR) is 311 cm³/mol. The number of fused-ring (bicyclic) bond motifs is 3. The van der Waals surface area contributed by atoms with Gasteiger partial charge in [0.05, 0.1) is 12.7 Å². The normalized spacial score (nSPS) is 13.6. The van der Waals surface area contributed by atoms with Crippen LogP contribution < -0.4 is 21.7 Å². The molecule has 76 heavy (non-hydrogen) atoms. The number of benzene rings is 2. The second kappa shape index (κ2) is 42.8. The van der Waals surface area contributed by atoms with Gasteiger partial charge in [0.15, 0.2) is 0 Å². The van der Waals surface area contributed by atoms with Crippen molar-refractivity contribution >= 4 is 41.5 Å². The van der Waals surface area contributed by atoms with Crippen molar-refractivity contribution in [3.63, 3.8) is 0 Å². The van der Waals surface area contributed by atoms with Crippen LogP contribution in [0.4, 0.5) is 4.79 Å². The van der Waals surface area contributed by atoms with E-state index in [0.717, 1.165) is 47.9 Å². The molecule has 3 rings (SSSR count). The Hall–Kier alpha value is -4.14. The fraction of sp³-hybridized carbons (Fsp3) is 0.726. The average Bonchev–Trinajstić information content (AvgIpc) is 3.76. The van der Waals surface area contributed by atoms with Crippen molar-refractivity contribution in [1.82, 2.24) is 16.0 Å². The Morgan fingerprint density at radius 2 is 0.987 bits per heavy atom. The number of carbonyl (C=O) groups excluding carboxylic acids is 4. The Kier molecular flexibility index (Phi) is 37.3. The molecule has 430 valence electrons. The molecule has 6 N–H and O–H groups in total. The smallest absolute Gasteiger partial charge is 0.407 e. The third-order valence-electron chi connectivity index (χ3n) is 14.7. The van der Waals surface area contributed by atoms with Crippen molar-refractivity contribution in [3.8, 4) is 11.1 Å². The lowest BCUT2D eigenvalue weighted by Gasteiger charge is -2.24. The first-order valence-corrected chi connectivity index (χ1v) is 31.2. The molecule has 0 spiro atoms. The van der Waals surface area contributed by atoms with Crippen molar-refractivity contribution in [2.45, 2.75) is 250 Å². The summed E-state index contributed by atoms with van der Waals surface area (Å²) in [5.41, 5.74) is 9.80. The summed E-state index contributed by atoms with van der Waals surface area (Å²) in [5, 5.41) is 17.2. The number of rotatable bonds is 49. The molecule has 0 bridgehead atoms. The summed E-state index contributed by atoms with van der Waals surface area (Å²) in [6, 6.07) is 12.7. The second-order valence-electron chi connectivity index (χ2n) is 21.2. The fourth-order valence-corrected chi connectivity index (χ4v) is 11.1. The number of primary amides is 1. The largest absolute Gasteiger partial charge is 0.481 e. The Morgan fingerprint density at radius 1 is 0.553 bits per heavy atom. The van der Waals surface area contributed by atoms with E-state index in [9.17, 15) is 24.0 Å². The van der Waals surface area contributed by atoms with Crippen LogP contribution in [0.1, 0.15) is 237 Å². The third kappa shape index (κ3) is 29.0. The molecule has 0 fully saturated rings. The monoisotopic (exact) mass is 1080 g/mol. The number of carboxylic acid groups (broad SMARTS) is 1. The van der Waals surface area contributed by atoms with E-state index in [4.69, 9.17) is 25.1 Å². The molecule has 0 saturated carbocycles. The highest BCUT2D eigenvalue weighted by atomic mass is 32.2. The zero-order valence-corrected chi connectivity index (χ0v) is 48.2. The van der Waals surface area contributed by atoms with E-state index in [1.807, 2.05) is 36.4 Å². The number of amides is 4. The van der Waals surface area contributed by atoms with Crippen LogP contribution in [0.15, 0.2) is 48.5 Å². The van der Waals surface area contributed by atoms with E-state index in [0.29, 0.717) is 25.6 Å². The summed E-state index contributed by atoms with van der Waals surface area (Å²) < 4.78 is 18.6. The number of nitrogens with two attached hydrogens (primary N) is 1. The van der Waals surface area contributed by atoms with Gasteiger partial charge < -0.3 is 41.0 Å². The van der Waals surface area contributed by atoms with Crippen LogP contribution in [-0.2, 0) is 33.4 Å². The van der Waals surface area contributed by atoms with Crippen molar-refractivity contribution in [3.05, 3.63) is 59.7 Å². The Bertz CT molecular complexity index is 1840. The third-order valence-corrected chi connectivity index (χ3v) is 15.9. The number of ether oxygens (including phenoxy) is 3. The standard InChI is InChI=1S/C62H102N4O9S/c1-4-7-9-11-13-15-17-19-21-23-25-27-29-35-43-73-45-49(74-44-36-30-28-26-24-22-20-18-16-14-12-10-8-5-2)47-76-48-57(61(71)64-55(6-3)60(70)65-56(59(63)69)41-42-58(67)68)66-62(72)75-46-54-52-39-33-31-37-50(52)51-38-32-34-40-53(51)54/h31-34,37-40,49,54-57H,4-30,35-36,41-48H2,1-3H3,(H2,63,69)(H,64,71)(H,65,70)(H,66,72)(H,67,68)/t49-,55+,56-,57+/m1/s1. The molecule has 2 aromatic carbocycles. The number of hydrogen-bond donors (Lipinski definition) is 5. The van der Waals surface area contributed by atoms with Crippen LogP contribution in [0.25, 0.3) is 11.1 Å². The predicted octanol–water partition coefficient (Wildman–Crippen LogP) is 13.7. The molecular formula is C62H102N4O9S. The van der Waals surface area contributed by atoms with Gasteiger partial charge in [-0.1, -0.05) is 236 Å². The number of unbranched alkanes of at least 4 members (excludes halogenated alkanes) is 26. The summed E-state index contributed by atoms with van der Waals surface area (Å²) in [7, 11) is 0. The maximum atomic E-state index is 14.1. The summed E-state index contributed by atoms with van der Waals surface area (Å²) in [5.74, 6) is -2.85. The first-order chi connectivity index (χ1) is 37.1. The minimum Gasteiger partial charge on any atom is -0.481 e. The van der Waals surface area contributed by atoms with Gasteiger partial charge in [-0.15, -0.1) is 0 Å². The van der Waals surface area contributed by atoms with Crippen molar-refractivity contribution in [1.29, 1.82) is 0 Å². The Labute approximate surface area is 463 Å². The lowest BCUT2D eigenvalue weighted by Crippen LogP contribution is -2.56. The Balaban J connectivity index is 1.58. The number of alkyl carbamates (subject to hydrolysis) is 1. The zero-order chi connectivity index (χ0) is 54.9. The molecule has 0 aromatic heterocycles. The minimum atomic E-state index is -1.24. The molecule has 4 atom stereocenters. The van der Waals surface area contributed by atoms with Gasteiger partial charge in [0.2, 0.25) is 17.7 Å². The molecular weight excluding hydrogens is 977 g/mol. The molecule has 1 aliphatic rings. The van der Waals surface area contributed by atoms with Gasteiger partial charge >= 0.3 is 12.1 Å².